The molecule has 0 spiro atoms. The number of allylic oxidation sites excluding steroid dienone is 3. The number of alkyl halides is 1. The fraction of sp³-hybridized carbons (Fsp3) is 0.192. The Hall–Kier alpha value is -3.69. The van der Waals surface area contributed by atoms with Crippen molar-refractivity contribution in [2.75, 3.05) is 0 Å². The van der Waals surface area contributed by atoms with Crippen LogP contribution < -0.4 is 11.1 Å². The minimum Gasteiger partial charge on any atom is -0.327 e. The summed E-state index contributed by atoms with van der Waals surface area (Å²) in [6, 6.07) is 8.42. The summed E-state index contributed by atoms with van der Waals surface area (Å²) in [5.74, 6) is 0. The highest BCUT2D eigenvalue weighted by molar-refractivity contribution is 7.91. The van der Waals surface area contributed by atoms with Gasteiger partial charge in [0.15, 0.2) is 0 Å². The number of halogens is 1. The lowest BCUT2D eigenvalue weighted by molar-refractivity contribution is 0.548. The van der Waals surface area contributed by atoms with Crippen molar-refractivity contribution in [2.45, 2.75) is 24.0 Å². The number of rotatable bonds is 4. The third-order valence-corrected chi connectivity index (χ3v) is 10.1. The quantitative estimate of drug-likeness (QED) is 0.411. The van der Waals surface area contributed by atoms with Crippen molar-refractivity contribution in [1.82, 2.24) is 18.5 Å². The van der Waals surface area contributed by atoms with E-state index in [-0.39, 0.29) is 11.1 Å². The van der Waals surface area contributed by atoms with Crippen molar-refractivity contribution in [1.29, 1.82) is 0 Å². The van der Waals surface area contributed by atoms with E-state index in [1.165, 1.54) is 23.0 Å². The molecular weight excluding hydrogens is 500 g/mol. The molecule has 5 rings (SSSR count). The first-order valence-electron chi connectivity index (χ1n) is 11.2. The summed E-state index contributed by atoms with van der Waals surface area (Å²) in [4.78, 5) is 31.8. The summed E-state index contributed by atoms with van der Waals surface area (Å²) in [7, 11) is -2.51. The number of aromatic amines is 1. The van der Waals surface area contributed by atoms with E-state index in [2.05, 4.69) is 9.97 Å². The zero-order valence-corrected chi connectivity index (χ0v) is 21.3. The number of aryl methyl sites for hydroxylation is 1. The predicted molar refractivity (Wildman–Crippen MR) is 142 cm³/mol. The summed E-state index contributed by atoms with van der Waals surface area (Å²) >= 11 is 6.83. The van der Waals surface area contributed by atoms with Gasteiger partial charge in [-0.1, -0.05) is 18.2 Å². The summed E-state index contributed by atoms with van der Waals surface area (Å²) in [6.45, 7) is 3.24. The minimum atomic E-state index is -4.17. The SMILES string of the molecule is CC1=CC(c2cc(=O)n(C)cc2-c2cccnc2)=CC(Cl)C1(C)S(=O)(=O)n1ccc2cc[nH]c(=O)c21. The molecule has 0 radical (unpaired) electrons. The van der Waals surface area contributed by atoms with Crippen LogP contribution in [0.5, 0.6) is 0 Å². The van der Waals surface area contributed by atoms with Crippen molar-refractivity contribution in [3.8, 4) is 11.1 Å². The molecule has 0 amide bonds. The van der Waals surface area contributed by atoms with Crippen LogP contribution in [0.25, 0.3) is 27.6 Å². The highest BCUT2D eigenvalue weighted by Gasteiger charge is 2.49. The van der Waals surface area contributed by atoms with Gasteiger partial charge in [-0.25, -0.2) is 12.4 Å². The lowest BCUT2D eigenvalue weighted by atomic mass is 9.85. The molecule has 4 aromatic rings. The molecule has 1 aliphatic rings. The van der Waals surface area contributed by atoms with Crippen LogP contribution in [-0.4, -0.2) is 37.0 Å². The molecule has 1 N–H and O–H groups in total. The van der Waals surface area contributed by atoms with E-state index in [0.717, 1.165) is 15.1 Å². The van der Waals surface area contributed by atoms with Crippen LogP contribution in [0.4, 0.5) is 0 Å². The van der Waals surface area contributed by atoms with Gasteiger partial charge >= 0.3 is 0 Å². The second-order valence-corrected chi connectivity index (χ2v) is 11.6. The van der Waals surface area contributed by atoms with Crippen LogP contribution in [0.1, 0.15) is 19.4 Å². The minimum absolute atomic E-state index is 0.0376. The fourth-order valence-electron chi connectivity index (χ4n) is 4.57. The molecule has 8 nitrogen and oxygen atoms in total. The predicted octanol–water partition coefficient (Wildman–Crippen LogP) is 3.68. The smallest absolute Gasteiger partial charge is 0.273 e. The van der Waals surface area contributed by atoms with Crippen LogP contribution in [-0.2, 0) is 17.1 Å². The van der Waals surface area contributed by atoms with Gasteiger partial charge in [0, 0.05) is 60.6 Å². The van der Waals surface area contributed by atoms with Crippen molar-refractivity contribution >= 4 is 38.1 Å². The molecule has 0 bridgehead atoms. The van der Waals surface area contributed by atoms with E-state index in [1.54, 1.807) is 69.8 Å². The van der Waals surface area contributed by atoms with E-state index in [4.69, 9.17) is 11.6 Å². The molecule has 2 atom stereocenters. The number of nitrogens with one attached hydrogen (secondary N) is 1. The number of nitrogens with zero attached hydrogens (tertiary/aromatic N) is 3. The van der Waals surface area contributed by atoms with E-state index in [0.29, 0.717) is 22.1 Å². The van der Waals surface area contributed by atoms with Crippen molar-refractivity contribution in [3.63, 3.8) is 0 Å². The number of H-pyrrole nitrogens is 1. The van der Waals surface area contributed by atoms with E-state index in [9.17, 15) is 18.0 Å². The molecule has 0 saturated heterocycles. The van der Waals surface area contributed by atoms with Gasteiger partial charge in [-0.05, 0) is 48.8 Å². The second-order valence-electron chi connectivity index (χ2n) is 8.98. The molecule has 0 aliphatic heterocycles. The van der Waals surface area contributed by atoms with Crippen LogP contribution in [0.15, 0.2) is 88.6 Å². The Bertz CT molecular complexity index is 1800. The number of hydrogen-bond donors (Lipinski definition) is 1. The van der Waals surface area contributed by atoms with Gasteiger partial charge in [-0.3, -0.25) is 14.6 Å². The van der Waals surface area contributed by atoms with E-state index in [1.807, 2.05) is 6.07 Å². The lowest BCUT2D eigenvalue weighted by Gasteiger charge is -2.37. The average molecular weight is 523 g/mol. The molecule has 4 aromatic heterocycles. The zero-order chi connectivity index (χ0) is 25.8. The summed E-state index contributed by atoms with van der Waals surface area (Å²) in [5.41, 5.74) is 2.62. The Balaban J connectivity index is 1.67. The average Bonchev–Trinajstić information content (AvgIpc) is 3.30. The molecule has 0 aromatic carbocycles. The number of aromatic nitrogens is 4. The van der Waals surface area contributed by atoms with Gasteiger partial charge in [0.05, 0.1) is 5.38 Å². The number of fused-ring (bicyclic) bond motifs is 1. The Morgan fingerprint density at radius 3 is 2.64 bits per heavy atom. The first-order chi connectivity index (χ1) is 17.1. The Kier molecular flexibility index (Phi) is 5.65. The molecule has 2 unspecified atom stereocenters. The highest BCUT2D eigenvalue weighted by atomic mass is 35.5. The Labute approximate surface area is 212 Å². The largest absolute Gasteiger partial charge is 0.327 e. The monoisotopic (exact) mass is 522 g/mol. The molecule has 36 heavy (non-hydrogen) atoms. The molecule has 4 heterocycles. The summed E-state index contributed by atoms with van der Waals surface area (Å²) in [6.07, 6.45) is 11.3. The maximum Gasteiger partial charge on any atom is 0.273 e. The topological polar surface area (TPSA) is 107 Å². The molecule has 0 saturated carbocycles. The molecule has 1 aliphatic carbocycles. The third-order valence-electron chi connectivity index (χ3n) is 6.89. The molecule has 10 heteroatoms. The van der Waals surface area contributed by atoms with Crippen LogP contribution in [0.2, 0.25) is 0 Å². The molecule has 0 fully saturated rings. The van der Waals surface area contributed by atoms with Gasteiger partial charge < -0.3 is 9.55 Å². The Morgan fingerprint density at radius 1 is 1.17 bits per heavy atom. The number of pyridine rings is 3. The van der Waals surface area contributed by atoms with Gasteiger partial charge in [0.2, 0.25) is 10.0 Å². The maximum absolute atomic E-state index is 14.0. The standard InChI is InChI=1S/C26H23ClN4O4S/c1-16-11-19(20-13-23(32)30(3)15-21(20)18-5-4-8-28-14-18)12-22(27)26(16,2)36(34,35)31-10-7-17-6-9-29-25(33)24(17)31/h4-15,22H,1-3H3,(H,29,33). The van der Waals surface area contributed by atoms with E-state index >= 15 is 0 Å². The van der Waals surface area contributed by atoms with Gasteiger partial charge in [-0.15, -0.1) is 11.6 Å². The van der Waals surface area contributed by atoms with Gasteiger partial charge in [0.1, 0.15) is 10.3 Å². The van der Waals surface area contributed by atoms with Crippen molar-refractivity contribution in [2.24, 2.45) is 7.05 Å². The summed E-state index contributed by atoms with van der Waals surface area (Å²) in [5, 5.41) is -0.486. The fourth-order valence-corrected chi connectivity index (χ4v) is 7.09. The normalized spacial score (nSPS) is 20.3. The molecule has 184 valence electrons. The van der Waals surface area contributed by atoms with Crippen molar-refractivity contribution < 1.29 is 8.42 Å². The van der Waals surface area contributed by atoms with Crippen LogP contribution in [0, 0.1) is 0 Å². The summed E-state index contributed by atoms with van der Waals surface area (Å²) < 4.78 is 28.9. The first-order valence-corrected chi connectivity index (χ1v) is 13.0. The molecular formula is C26H23ClN4O4S. The highest BCUT2D eigenvalue weighted by Crippen LogP contribution is 2.43. The second kappa shape index (κ2) is 8.46. The number of hydrogen-bond acceptors (Lipinski definition) is 5. The van der Waals surface area contributed by atoms with Gasteiger partial charge in [0.25, 0.3) is 11.1 Å². The maximum atomic E-state index is 14.0. The van der Waals surface area contributed by atoms with Crippen molar-refractivity contribution in [3.05, 3.63) is 105 Å². The van der Waals surface area contributed by atoms with Crippen LogP contribution in [0.3, 0.4) is 0 Å². The van der Waals surface area contributed by atoms with E-state index < -0.39 is 25.7 Å². The van der Waals surface area contributed by atoms with Crippen LogP contribution >= 0.6 is 11.6 Å². The zero-order valence-electron chi connectivity index (χ0n) is 19.8. The third kappa shape index (κ3) is 3.50. The first kappa shape index (κ1) is 24.0. The van der Waals surface area contributed by atoms with Gasteiger partial charge in [-0.2, -0.15) is 0 Å². The Morgan fingerprint density at radius 2 is 1.94 bits per heavy atom. The lowest BCUT2D eigenvalue weighted by Crippen LogP contribution is -2.48.